The van der Waals surface area contributed by atoms with Crippen LogP contribution < -0.4 is 5.32 Å². The molecule has 1 amide bonds. The Hall–Kier alpha value is -1.69. The zero-order chi connectivity index (χ0) is 12.1. The van der Waals surface area contributed by atoms with E-state index in [1.165, 1.54) is 4.68 Å². The molecule has 17 heavy (non-hydrogen) atoms. The number of halogens is 1. The number of hydrogen-bond acceptors (Lipinski definition) is 3. The number of nitrogens with one attached hydrogen (secondary N) is 1. The van der Waals surface area contributed by atoms with E-state index in [0.29, 0.717) is 6.54 Å². The highest BCUT2D eigenvalue weighted by Gasteiger charge is 2.02. The molecule has 88 valence electrons. The molecular formula is C11H11BrN4O. The normalized spacial score (nSPS) is 10.2. The summed E-state index contributed by atoms with van der Waals surface area (Å²) in [5.41, 5.74) is 1.06. The fourth-order valence-electron chi connectivity index (χ4n) is 1.32. The molecule has 0 bridgehead atoms. The van der Waals surface area contributed by atoms with Crippen LogP contribution in [0.5, 0.6) is 0 Å². The first kappa shape index (κ1) is 11.8. The minimum atomic E-state index is -0.0848. The van der Waals surface area contributed by atoms with E-state index in [2.05, 4.69) is 31.6 Å². The summed E-state index contributed by atoms with van der Waals surface area (Å²) < 4.78 is 2.51. The molecule has 0 spiro atoms. The molecule has 5 nitrogen and oxygen atoms in total. The maximum absolute atomic E-state index is 11.5. The van der Waals surface area contributed by atoms with Gasteiger partial charge in [0.25, 0.3) is 0 Å². The van der Waals surface area contributed by atoms with Gasteiger partial charge in [-0.25, -0.2) is 4.68 Å². The molecule has 0 radical (unpaired) electrons. The van der Waals surface area contributed by atoms with Crippen molar-refractivity contribution in [3.8, 4) is 0 Å². The van der Waals surface area contributed by atoms with Crippen molar-refractivity contribution in [3.05, 3.63) is 46.7 Å². The van der Waals surface area contributed by atoms with Gasteiger partial charge in [-0.2, -0.15) is 0 Å². The van der Waals surface area contributed by atoms with Crippen molar-refractivity contribution in [1.82, 2.24) is 20.3 Å². The lowest BCUT2D eigenvalue weighted by Gasteiger charge is -2.05. The van der Waals surface area contributed by atoms with Crippen LogP contribution in [0.4, 0.5) is 0 Å². The number of aromatic nitrogens is 3. The molecule has 1 heterocycles. The number of benzene rings is 1. The minimum Gasteiger partial charge on any atom is -0.350 e. The van der Waals surface area contributed by atoms with Crippen LogP contribution in [0.3, 0.4) is 0 Å². The van der Waals surface area contributed by atoms with Gasteiger partial charge in [0, 0.05) is 17.2 Å². The van der Waals surface area contributed by atoms with E-state index < -0.39 is 0 Å². The Morgan fingerprint density at radius 1 is 1.35 bits per heavy atom. The number of nitrogens with zero attached hydrogens (tertiary/aromatic N) is 3. The molecule has 0 unspecified atom stereocenters. The quantitative estimate of drug-likeness (QED) is 0.926. The van der Waals surface area contributed by atoms with E-state index in [4.69, 9.17) is 0 Å². The summed E-state index contributed by atoms with van der Waals surface area (Å²) in [5, 5.41) is 10.2. The minimum absolute atomic E-state index is 0.0848. The van der Waals surface area contributed by atoms with Crippen molar-refractivity contribution in [2.45, 2.75) is 13.1 Å². The fraction of sp³-hybridized carbons (Fsp3) is 0.182. The summed E-state index contributed by atoms with van der Waals surface area (Å²) >= 11 is 3.36. The molecule has 1 aromatic carbocycles. The lowest BCUT2D eigenvalue weighted by molar-refractivity contribution is -0.122. The van der Waals surface area contributed by atoms with E-state index in [0.717, 1.165) is 10.0 Å². The average molecular weight is 295 g/mol. The number of rotatable bonds is 4. The molecule has 1 aromatic heterocycles. The van der Waals surface area contributed by atoms with Gasteiger partial charge in [0.15, 0.2) is 0 Å². The molecule has 6 heteroatoms. The molecule has 0 aliphatic rings. The topological polar surface area (TPSA) is 59.8 Å². The number of carbonyl (C=O) groups excluding carboxylic acids is 1. The summed E-state index contributed by atoms with van der Waals surface area (Å²) in [6, 6.07) is 7.80. The molecular weight excluding hydrogens is 284 g/mol. The van der Waals surface area contributed by atoms with E-state index in [9.17, 15) is 4.79 Å². The third-order valence-corrected chi connectivity index (χ3v) is 2.71. The average Bonchev–Trinajstić information content (AvgIpc) is 2.81. The van der Waals surface area contributed by atoms with Crippen molar-refractivity contribution in [3.63, 3.8) is 0 Å². The molecule has 0 saturated carbocycles. The van der Waals surface area contributed by atoms with Crippen LogP contribution in [0.15, 0.2) is 41.1 Å². The van der Waals surface area contributed by atoms with Gasteiger partial charge in [0.2, 0.25) is 5.91 Å². The Balaban J connectivity index is 1.82. The van der Waals surface area contributed by atoms with Crippen molar-refractivity contribution in [2.24, 2.45) is 0 Å². The number of carbonyl (C=O) groups is 1. The van der Waals surface area contributed by atoms with Crippen molar-refractivity contribution >= 4 is 21.8 Å². The SMILES string of the molecule is O=C(Cn1ccnn1)NCc1ccc(Br)cc1. The van der Waals surface area contributed by atoms with Crippen molar-refractivity contribution in [2.75, 3.05) is 0 Å². The van der Waals surface area contributed by atoms with Crippen molar-refractivity contribution in [1.29, 1.82) is 0 Å². The first-order valence-corrected chi connectivity index (χ1v) is 5.88. The Morgan fingerprint density at radius 3 is 2.76 bits per heavy atom. The van der Waals surface area contributed by atoms with E-state index in [1.807, 2.05) is 24.3 Å². The highest BCUT2D eigenvalue weighted by atomic mass is 79.9. The fourth-order valence-corrected chi connectivity index (χ4v) is 1.59. The second kappa shape index (κ2) is 5.58. The largest absolute Gasteiger partial charge is 0.350 e. The van der Waals surface area contributed by atoms with Crippen LogP contribution in [0.1, 0.15) is 5.56 Å². The maximum atomic E-state index is 11.5. The molecule has 2 rings (SSSR count). The summed E-state index contributed by atoms with van der Waals surface area (Å²) in [7, 11) is 0. The van der Waals surface area contributed by atoms with E-state index in [-0.39, 0.29) is 12.5 Å². The van der Waals surface area contributed by atoms with Gasteiger partial charge in [-0.05, 0) is 17.7 Å². The Bertz CT molecular complexity index is 481. The van der Waals surface area contributed by atoms with Gasteiger partial charge in [0.05, 0.1) is 6.20 Å². The monoisotopic (exact) mass is 294 g/mol. The zero-order valence-corrected chi connectivity index (χ0v) is 10.6. The summed E-state index contributed by atoms with van der Waals surface area (Å²) in [4.78, 5) is 11.5. The Kier molecular flexibility index (Phi) is 3.87. The predicted molar refractivity (Wildman–Crippen MR) is 66.0 cm³/mol. The zero-order valence-electron chi connectivity index (χ0n) is 9.01. The first-order valence-electron chi connectivity index (χ1n) is 5.09. The second-order valence-corrected chi connectivity index (χ2v) is 4.42. The number of amides is 1. The standard InChI is InChI=1S/C11H11BrN4O/c12-10-3-1-9(2-4-10)7-13-11(17)8-16-6-5-14-15-16/h1-6H,7-8H2,(H,13,17). The van der Waals surface area contributed by atoms with Gasteiger partial charge in [-0.1, -0.05) is 33.3 Å². The van der Waals surface area contributed by atoms with Crippen LogP contribution in [-0.2, 0) is 17.9 Å². The van der Waals surface area contributed by atoms with Gasteiger partial charge < -0.3 is 5.32 Å². The molecule has 1 N–H and O–H groups in total. The Morgan fingerprint density at radius 2 is 2.12 bits per heavy atom. The van der Waals surface area contributed by atoms with Crippen LogP contribution >= 0.6 is 15.9 Å². The van der Waals surface area contributed by atoms with E-state index in [1.54, 1.807) is 12.4 Å². The van der Waals surface area contributed by atoms with Crippen LogP contribution in [0, 0.1) is 0 Å². The van der Waals surface area contributed by atoms with Crippen LogP contribution in [0.2, 0.25) is 0 Å². The summed E-state index contributed by atoms with van der Waals surface area (Å²) in [6.07, 6.45) is 3.20. The van der Waals surface area contributed by atoms with Crippen molar-refractivity contribution < 1.29 is 4.79 Å². The first-order chi connectivity index (χ1) is 8.24. The third kappa shape index (κ3) is 3.67. The van der Waals surface area contributed by atoms with Crippen LogP contribution in [-0.4, -0.2) is 20.9 Å². The lowest BCUT2D eigenvalue weighted by atomic mass is 10.2. The lowest BCUT2D eigenvalue weighted by Crippen LogP contribution is -2.27. The number of hydrogen-bond donors (Lipinski definition) is 1. The Labute approximate surface area is 107 Å². The third-order valence-electron chi connectivity index (χ3n) is 2.18. The smallest absolute Gasteiger partial charge is 0.242 e. The highest BCUT2D eigenvalue weighted by Crippen LogP contribution is 2.10. The van der Waals surface area contributed by atoms with E-state index >= 15 is 0 Å². The molecule has 0 fully saturated rings. The van der Waals surface area contributed by atoms with Gasteiger partial charge >= 0.3 is 0 Å². The molecule has 0 atom stereocenters. The predicted octanol–water partition coefficient (Wildman–Crippen LogP) is 1.36. The van der Waals surface area contributed by atoms with Gasteiger partial charge in [-0.3, -0.25) is 4.79 Å². The summed E-state index contributed by atoms with van der Waals surface area (Å²) in [5.74, 6) is -0.0848. The molecule has 0 saturated heterocycles. The second-order valence-electron chi connectivity index (χ2n) is 3.50. The highest BCUT2D eigenvalue weighted by molar-refractivity contribution is 9.10. The van der Waals surface area contributed by atoms with Gasteiger partial charge in [0.1, 0.15) is 6.54 Å². The van der Waals surface area contributed by atoms with Crippen LogP contribution in [0.25, 0.3) is 0 Å². The van der Waals surface area contributed by atoms with Gasteiger partial charge in [-0.15, -0.1) is 5.10 Å². The molecule has 0 aliphatic heterocycles. The molecule has 0 aliphatic carbocycles. The molecule has 2 aromatic rings. The summed E-state index contributed by atoms with van der Waals surface area (Å²) in [6.45, 7) is 0.706. The maximum Gasteiger partial charge on any atom is 0.242 e.